The predicted octanol–water partition coefficient (Wildman–Crippen LogP) is 3.88. The Hall–Kier alpha value is -2.63. The molecule has 1 aliphatic heterocycles. The molecule has 170 valence electrons. The number of aryl methyl sites for hydroxylation is 1. The van der Waals surface area contributed by atoms with E-state index in [1.54, 1.807) is 26.0 Å². The molecule has 0 amide bonds. The van der Waals surface area contributed by atoms with Gasteiger partial charge in [-0.15, -0.1) is 11.3 Å². The number of esters is 1. The first-order valence-electron chi connectivity index (χ1n) is 10.2. The number of ether oxygens (including phenoxy) is 1. The summed E-state index contributed by atoms with van der Waals surface area (Å²) >= 11 is 1.22. The molecule has 1 saturated heterocycles. The van der Waals surface area contributed by atoms with E-state index < -0.39 is 21.8 Å². The SMILES string of the molecule is CCOC(=O)[C@H]1CCCN(S(=O)(=O)c2cc(-c3nc(-c4cccc(F)c4)no3)sc2C)C1. The lowest BCUT2D eigenvalue weighted by atomic mass is 10.0. The molecule has 0 saturated carbocycles. The van der Waals surface area contributed by atoms with Gasteiger partial charge in [0.05, 0.1) is 22.3 Å². The average molecular weight is 480 g/mol. The first-order chi connectivity index (χ1) is 15.3. The lowest BCUT2D eigenvalue weighted by Gasteiger charge is -2.30. The lowest BCUT2D eigenvalue weighted by Crippen LogP contribution is -2.42. The van der Waals surface area contributed by atoms with E-state index >= 15 is 0 Å². The maximum absolute atomic E-state index is 13.5. The number of aromatic nitrogens is 2. The summed E-state index contributed by atoms with van der Waals surface area (Å²) in [5.41, 5.74) is 0.458. The number of halogens is 1. The fraction of sp³-hybridized carbons (Fsp3) is 0.381. The number of rotatable bonds is 6. The van der Waals surface area contributed by atoms with Gasteiger partial charge in [-0.2, -0.15) is 9.29 Å². The number of benzene rings is 1. The van der Waals surface area contributed by atoms with Crippen molar-refractivity contribution in [2.45, 2.75) is 31.6 Å². The van der Waals surface area contributed by atoms with E-state index in [9.17, 15) is 17.6 Å². The molecular formula is C21H22FN3O5S2. The van der Waals surface area contributed by atoms with Gasteiger partial charge in [0.25, 0.3) is 5.89 Å². The molecule has 0 bridgehead atoms. The topological polar surface area (TPSA) is 103 Å². The van der Waals surface area contributed by atoms with Gasteiger partial charge in [-0.3, -0.25) is 4.79 Å². The predicted molar refractivity (Wildman–Crippen MR) is 116 cm³/mol. The molecule has 3 heterocycles. The molecule has 32 heavy (non-hydrogen) atoms. The minimum absolute atomic E-state index is 0.0933. The molecule has 0 spiro atoms. The molecule has 4 rings (SSSR count). The number of hydrogen-bond acceptors (Lipinski definition) is 8. The van der Waals surface area contributed by atoms with E-state index in [2.05, 4.69) is 10.1 Å². The van der Waals surface area contributed by atoms with Crippen LogP contribution in [-0.4, -0.2) is 48.5 Å². The van der Waals surface area contributed by atoms with Crippen LogP contribution in [0.3, 0.4) is 0 Å². The second-order valence-corrected chi connectivity index (χ2v) is 10.6. The maximum atomic E-state index is 13.5. The molecule has 8 nitrogen and oxygen atoms in total. The van der Waals surface area contributed by atoms with Gasteiger partial charge in [0.1, 0.15) is 5.82 Å². The van der Waals surface area contributed by atoms with E-state index in [1.165, 1.54) is 33.8 Å². The third kappa shape index (κ3) is 4.45. The average Bonchev–Trinajstić information content (AvgIpc) is 3.41. The number of carbonyl (C=O) groups is 1. The van der Waals surface area contributed by atoms with Gasteiger partial charge in [-0.1, -0.05) is 17.3 Å². The molecular weight excluding hydrogens is 457 g/mol. The first-order valence-corrected chi connectivity index (χ1v) is 12.4. The Bertz CT molecular complexity index is 1240. The van der Waals surface area contributed by atoms with Crippen molar-refractivity contribution >= 4 is 27.3 Å². The molecule has 0 radical (unpaired) electrons. The standard InChI is InChI=1S/C21H22FN3O5S2/c1-3-29-21(26)15-7-5-9-25(12-15)32(27,28)18-11-17(31-13(18)2)20-23-19(24-30-20)14-6-4-8-16(22)10-14/h4,6,8,10-11,15H,3,5,7,9,12H2,1-2H3/t15-/m0/s1. The largest absolute Gasteiger partial charge is 0.466 e. The Morgan fingerprint density at radius 3 is 2.94 bits per heavy atom. The monoisotopic (exact) mass is 479 g/mol. The highest BCUT2D eigenvalue weighted by atomic mass is 32.2. The summed E-state index contributed by atoms with van der Waals surface area (Å²) in [6.45, 7) is 4.13. The van der Waals surface area contributed by atoms with Crippen molar-refractivity contribution in [3.05, 3.63) is 41.0 Å². The molecule has 1 atom stereocenters. The minimum Gasteiger partial charge on any atom is -0.466 e. The van der Waals surface area contributed by atoms with Crippen LogP contribution in [0.1, 0.15) is 24.6 Å². The van der Waals surface area contributed by atoms with E-state index in [4.69, 9.17) is 9.26 Å². The van der Waals surface area contributed by atoms with Gasteiger partial charge in [0.15, 0.2) is 0 Å². The maximum Gasteiger partial charge on any atom is 0.310 e. The lowest BCUT2D eigenvalue weighted by molar-refractivity contribution is -0.149. The fourth-order valence-corrected chi connectivity index (χ4v) is 6.65. The summed E-state index contributed by atoms with van der Waals surface area (Å²) in [6, 6.07) is 7.32. The third-order valence-electron chi connectivity index (χ3n) is 5.21. The molecule has 2 aromatic heterocycles. The van der Waals surface area contributed by atoms with Crippen molar-refractivity contribution in [1.82, 2.24) is 14.4 Å². The quantitative estimate of drug-likeness (QED) is 0.495. The third-order valence-corrected chi connectivity index (χ3v) is 8.37. The smallest absolute Gasteiger partial charge is 0.310 e. The fourth-order valence-electron chi connectivity index (χ4n) is 3.65. The summed E-state index contributed by atoms with van der Waals surface area (Å²) in [5, 5.41) is 3.88. The van der Waals surface area contributed by atoms with Gasteiger partial charge in [-0.05, 0) is 44.9 Å². The van der Waals surface area contributed by atoms with Gasteiger partial charge < -0.3 is 9.26 Å². The number of thiophene rings is 1. The zero-order valence-corrected chi connectivity index (χ0v) is 19.2. The molecule has 1 fully saturated rings. The van der Waals surface area contributed by atoms with Gasteiger partial charge in [-0.25, -0.2) is 12.8 Å². The molecule has 1 aliphatic rings. The van der Waals surface area contributed by atoms with Crippen LogP contribution in [0.25, 0.3) is 22.2 Å². The normalized spacial score (nSPS) is 17.4. The second kappa shape index (κ2) is 9.08. The van der Waals surface area contributed by atoms with Crippen LogP contribution in [-0.2, 0) is 19.6 Å². The van der Waals surface area contributed by atoms with Crippen LogP contribution >= 0.6 is 11.3 Å². The zero-order chi connectivity index (χ0) is 22.9. The molecule has 0 aliphatic carbocycles. The van der Waals surface area contributed by atoms with Crippen molar-refractivity contribution in [1.29, 1.82) is 0 Å². The highest BCUT2D eigenvalue weighted by Crippen LogP contribution is 2.36. The number of sulfonamides is 1. The zero-order valence-electron chi connectivity index (χ0n) is 17.6. The highest BCUT2D eigenvalue weighted by molar-refractivity contribution is 7.89. The summed E-state index contributed by atoms with van der Waals surface area (Å²) in [6.07, 6.45) is 1.18. The first kappa shape index (κ1) is 22.6. The van der Waals surface area contributed by atoms with E-state index in [-0.39, 0.29) is 35.7 Å². The van der Waals surface area contributed by atoms with Crippen LogP contribution in [0.15, 0.2) is 39.8 Å². The van der Waals surface area contributed by atoms with E-state index in [0.29, 0.717) is 34.7 Å². The van der Waals surface area contributed by atoms with E-state index in [1.807, 2.05) is 0 Å². The molecule has 0 unspecified atom stereocenters. The van der Waals surface area contributed by atoms with Crippen molar-refractivity contribution in [2.24, 2.45) is 5.92 Å². The number of carbonyl (C=O) groups excluding carboxylic acids is 1. The Morgan fingerprint density at radius 2 is 2.19 bits per heavy atom. The summed E-state index contributed by atoms with van der Waals surface area (Å²) in [5.74, 6) is -0.894. The van der Waals surface area contributed by atoms with Crippen LogP contribution < -0.4 is 0 Å². The van der Waals surface area contributed by atoms with Crippen LogP contribution in [0.4, 0.5) is 4.39 Å². The van der Waals surface area contributed by atoms with Gasteiger partial charge >= 0.3 is 5.97 Å². The molecule has 11 heteroatoms. The van der Waals surface area contributed by atoms with E-state index in [0.717, 1.165) is 0 Å². The molecule has 0 N–H and O–H groups in total. The summed E-state index contributed by atoms with van der Waals surface area (Å²) in [4.78, 5) is 17.6. The van der Waals surface area contributed by atoms with Crippen molar-refractivity contribution in [3.63, 3.8) is 0 Å². The van der Waals surface area contributed by atoms with Crippen molar-refractivity contribution < 1.29 is 26.9 Å². The minimum atomic E-state index is -3.82. The Kier molecular flexibility index (Phi) is 6.40. The summed E-state index contributed by atoms with van der Waals surface area (Å²) < 4.78 is 51.8. The second-order valence-electron chi connectivity index (χ2n) is 7.42. The van der Waals surface area contributed by atoms with Gasteiger partial charge in [0.2, 0.25) is 15.8 Å². The Balaban J connectivity index is 1.59. The summed E-state index contributed by atoms with van der Waals surface area (Å²) in [7, 11) is -3.82. The highest BCUT2D eigenvalue weighted by Gasteiger charge is 2.35. The Morgan fingerprint density at radius 1 is 1.38 bits per heavy atom. The van der Waals surface area contributed by atoms with Crippen LogP contribution in [0.2, 0.25) is 0 Å². The number of piperidine rings is 1. The molecule has 3 aromatic rings. The Labute approximate surface area is 189 Å². The van der Waals surface area contributed by atoms with Crippen LogP contribution in [0, 0.1) is 18.7 Å². The van der Waals surface area contributed by atoms with Crippen LogP contribution in [0.5, 0.6) is 0 Å². The number of nitrogens with zero attached hydrogens (tertiary/aromatic N) is 3. The van der Waals surface area contributed by atoms with Crippen molar-refractivity contribution in [2.75, 3.05) is 19.7 Å². The van der Waals surface area contributed by atoms with Gasteiger partial charge in [0, 0.05) is 23.5 Å². The van der Waals surface area contributed by atoms with Crippen molar-refractivity contribution in [3.8, 4) is 22.2 Å². The number of hydrogen-bond donors (Lipinski definition) is 0. The molecule has 1 aromatic carbocycles.